The second kappa shape index (κ2) is 38.1. The molecule has 0 spiro atoms. The van der Waals surface area contributed by atoms with E-state index >= 15 is 0 Å². The summed E-state index contributed by atoms with van der Waals surface area (Å²) in [5.74, 6) is -1.40. The topological polar surface area (TPSA) is 286 Å². The average molecular weight is 1040 g/mol. The van der Waals surface area contributed by atoms with Crippen molar-refractivity contribution in [3.63, 3.8) is 0 Å². The Morgan fingerprint density at radius 3 is 1.92 bits per heavy atom. The second-order valence-corrected chi connectivity index (χ2v) is 20.5. The van der Waals surface area contributed by atoms with Gasteiger partial charge < -0.3 is 45.1 Å². The number of unbranched alkanes of at least 4 members (excludes halogenated alkanes) is 12. The Labute approximate surface area is 420 Å². The van der Waals surface area contributed by atoms with Crippen LogP contribution in [0.1, 0.15) is 168 Å². The Balaban J connectivity index is 1.84. The summed E-state index contributed by atoms with van der Waals surface area (Å²) < 4.78 is 56.7. The van der Waals surface area contributed by atoms with E-state index in [1.807, 2.05) is 43.4 Å². The maximum absolute atomic E-state index is 12.8. The predicted molar refractivity (Wildman–Crippen MR) is 272 cm³/mol. The van der Waals surface area contributed by atoms with Crippen molar-refractivity contribution >= 4 is 33.4 Å². The number of carbonyl (C=O) groups is 2. The van der Waals surface area contributed by atoms with Crippen LogP contribution in [0.4, 0.5) is 5.82 Å². The summed E-state index contributed by atoms with van der Waals surface area (Å²) in [4.78, 5) is 61.9. The number of hydrogen-bond acceptors (Lipinski definition) is 16. The zero-order chi connectivity index (χ0) is 52.2. The van der Waals surface area contributed by atoms with E-state index in [0.717, 1.165) is 87.8 Å². The highest BCUT2D eigenvalue weighted by molar-refractivity contribution is 7.61. The molecule has 404 valence electrons. The summed E-state index contributed by atoms with van der Waals surface area (Å²) in [5, 5.41) is 30.7. The van der Waals surface area contributed by atoms with Crippen LogP contribution < -0.4 is 11.4 Å². The lowest BCUT2D eigenvalue weighted by atomic mass is 10.1. The van der Waals surface area contributed by atoms with Crippen molar-refractivity contribution in [2.75, 3.05) is 25.6 Å². The fraction of sp³-hybridized carbons (Fsp3) is 0.680. The second-order valence-electron chi connectivity index (χ2n) is 17.5. The number of rotatable bonds is 41. The molecule has 0 radical (unpaired) electrons. The van der Waals surface area contributed by atoms with Crippen molar-refractivity contribution in [1.82, 2.24) is 9.55 Å². The number of aliphatic hydroxyl groups is 3. The van der Waals surface area contributed by atoms with Gasteiger partial charge in [0.05, 0.1) is 19.3 Å². The van der Waals surface area contributed by atoms with Gasteiger partial charge >= 0.3 is 33.3 Å². The Bertz CT molecular complexity index is 1940. The largest absolute Gasteiger partial charge is 0.481 e. The van der Waals surface area contributed by atoms with E-state index in [2.05, 4.69) is 40.5 Å². The number of nitrogens with two attached hydrogens (primary N) is 1. The van der Waals surface area contributed by atoms with E-state index in [0.29, 0.717) is 32.1 Å². The molecule has 1 saturated heterocycles. The molecule has 1 aliphatic rings. The lowest BCUT2D eigenvalue weighted by Gasteiger charge is -2.21. The molecule has 0 amide bonds. The van der Waals surface area contributed by atoms with Gasteiger partial charge in [0.2, 0.25) is 0 Å². The molecule has 8 atom stereocenters. The van der Waals surface area contributed by atoms with Gasteiger partial charge in [0.25, 0.3) is 0 Å². The predicted octanol–water partition coefficient (Wildman–Crippen LogP) is 9.30. The van der Waals surface area contributed by atoms with Gasteiger partial charge in [-0.2, -0.15) is 9.29 Å². The summed E-state index contributed by atoms with van der Waals surface area (Å²) in [5.41, 5.74) is 4.58. The molecule has 1 aliphatic heterocycles. The standard InChI is InChI=1S/C50H83N3O16P2/c1-3-5-6-7-8-9-10-11-12-15-18-21-24-27-30-34-45(55)64-38-42(67-46(56)35-31-28-25-22-19-16-13-14-17-20-23-26-29-33-41(54)32-4-2)39-65-70(60,61)69-71(62,63)66-40-43-47(57)48(58)49(68-43)53-37-36-44(51)52-50(53)59/h9-10,13,16-17,20,22,25-26,29,36-37,41-43,47-49,54,57-58H,3-8,11-12,14-15,18-19,21,23-24,27-28,30-35,38-40H2,1-2H3,(H,60,61)(H,62,63)(H2,51,52,59)/b10-9-,16-13-,20-17-,25-22-,29-26-/t41?,42-,43-,47-,48-,49-/m1/s1. The number of nitrogens with zero attached hydrogens (tertiary/aromatic N) is 2. The highest BCUT2D eigenvalue weighted by Crippen LogP contribution is 2.60. The van der Waals surface area contributed by atoms with Gasteiger partial charge in [0.15, 0.2) is 12.3 Å². The van der Waals surface area contributed by atoms with Crippen LogP contribution in [0, 0.1) is 0 Å². The molecular weight excluding hydrogens is 961 g/mol. The van der Waals surface area contributed by atoms with Crippen molar-refractivity contribution in [1.29, 1.82) is 0 Å². The fourth-order valence-corrected chi connectivity index (χ4v) is 9.31. The zero-order valence-corrected chi connectivity index (χ0v) is 43.7. The smallest absolute Gasteiger partial charge is 0.462 e. The molecule has 2 rings (SSSR count). The molecule has 21 heteroatoms. The van der Waals surface area contributed by atoms with Gasteiger partial charge in [0, 0.05) is 19.0 Å². The van der Waals surface area contributed by atoms with Crippen molar-refractivity contribution in [2.45, 2.75) is 198 Å². The first-order chi connectivity index (χ1) is 34.1. The number of aliphatic hydroxyl groups excluding tert-OH is 3. The molecule has 1 fully saturated rings. The van der Waals surface area contributed by atoms with Gasteiger partial charge in [-0.05, 0) is 83.1 Å². The van der Waals surface area contributed by atoms with E-state index in [1.165, 1.54) is 31.7 Å². The molecule has 2 heterocycles. The SMILES string of the molecule is CCCCCC/C=C\CCCCCCCCCC(=O)OC[C@H](COP(=O)(O)OP(=O)(O)OC[C@H]1O[C@@H](n2ccc(N)nc2=O)[C@H](O)[C@@H]1O)OC(=O)CCC/C=C\C/C=C\C/C=C\C/C=C\CC(O)CCC. The average Bonchev–Trinajstić information content (AvgIpc) is 3.60. The lowest BCUT2D eigenvalue weighted by molar-refractivity contribution is -0.161. The molecular formula is C50H83N3O16P2. The van der Waals surface area contributed by atoms with Crippen molar-refractivity contribution in [2.24, 2.45) is 0 Å². The van der Waals surface area contributed by atoms with E-state index in [-0.39, 0.29) is 24.8 Å². The highest BCUT2D eigenvalue weighted by atomic mass is 31.3. The van der Waals surface area contributed by atoms with Crippen LogP contribution in [0.15, 0.2) is 77.8 Å². The van der Waals surface area contributed by atoms with E-state index < -0.39 is 83.7 Å². The lowest BCUT2D eigenvalue weighted by Crippen LogP contribution is -2.36. The van der Waals surface area contributed by atoms with E-state index in [1.54, 1.807) is 0 Å². The van der Waals surface area contributed by atoms with Crippen LogP contribution in [-0.2, 0) is 46.3 Å². The fourth-order valence-electron chi connectivity index (χ4n) is 7.20. The molecule has 1 aromatic rings. The molecule has 71 heavy (non-hydrogen) atoms. The van der Waals surface area contributed by atoms with Crippen LogP contribution in [0.3, 0.4) is 0 Å². The number of carbonyl (C=O) groups excluding carboxylic acids is 2. The van der Waals surface area contributed by atoms with Crippen molar-refractivity contribution in [3.05, 3.63) is 83.5 Å². The van der Waals surface area contributed by atoms with Crippen LogP contribution in [0.25, 0.3) is 0 Å². The summed E-state index contributed by atoms with van der Waals surface area (Å²) >= 11 is 0. The van der Waals surface area contributed by atoms with E-state index in [9.17, 15) is 48.6 Å². The molecule has 7 N–H and O–H groups in total. The van der Waals surface area contributed by atoms with Gasteiger partial charge in [0.1, 0.15) is 30.7 Å². The third kappa shape index (κ3) is 30.9. The minimum absolute atomic E-state index is 0.0433. The van der Waals surface area contributed by atoms with Crippen LogP contribution in [-0.4, -0.2) is 96.9 Å². The maximum atomic E-state index is 12.8. The first kappa shape index (κ1) is 63.5. The Hall–Kier alpha value is -3.58. The summed E-state index contributed by atoms with van der Waals surface area (Å²) in [7, 11) is -10.9. The zero-order valence-electron chi connectivity index (χ0n) is 41.9. The minimum Gasteiger partial charge on any atom is -0.462 e. The Morgan fingerprint density at radius 2 is 1.28 bits per heavy atom. The highest BCUT2D eigenvalue weighted by Gasteiger charge is 2.46. The number of hydrogen-bond donors (Lipinski definition) is 6. The van der Waals surface area contributed by atoms with Crippen LogP contribution in [0.2, 0.25) is 0 Å². The number of phosphoric acid groups is 2. The summed E-state index contributed by atoms with van der Waals surface area (Å²) in [6, 6.07) is 1.24. The maximum Gasteiger partial charge on any atom is 0.481 e. The molecule has 0 aromatic carbocycles. The van der Waals surface area contributed by atoms with Crippen molar-refractivity contribution < 1.29 is 71.4 Å². The number of phosphoric ester groups is 2. The molecule has 19 nitrogen and oxygen atoms in total. The van der Waals surface area contributed by atoms with Crippen molar-refractivity contribution in [3.8, 4) is 0 Å². The number of anilines is 1. The molecule has 3 unspecified atom stereocenters. The number of aromatic nitrogens is 2. The summed E-state index contributed by atoms with van der Waals surface area (Å²) in [6.07, 6.45) is 33.7. The molecule has 0 bridgehead atoms. The van der Waals surface area contributed by atoms with Gasteiger partial charge in [-0.15, -0.1) is 0 Å². The normalized spacial score (nSPS) is 20.1. The molecule has 1 aromatic heterocycles. The monoisotopic (exact) mass is 1040 g/mol. The third-order valence-electron chi connectivity index (χ3n) is 11.1. The van der Waals surface area contributed by atoms with Gasteiger partial charge in [-0.1, -0.05) is 132 Å². The molecule has 0 aliphatic carbocycles. The van der Waals surface area contributed by atoms with Crippen LogP contribution >= 0.6 is 15.6 Å². The summed E-state index contributed by atoms with van der Waals surface area (Å²) in [6.45, 7) is 1.88. The van der Waals surface area contributed by atoms with Gasteiger partial charge in [-0.25, -0.2) is 13.9 Å². The number of nitrogen functional groups attached to an aromatic ring is 1. The molecule has 0 saturated carbocycles. The van der Waals surface area contributed by atoms with Gasteiger partial charge in [-0.3, -0.25) is 23.2 Å². The van der Waals surface area contributed by atoms with E-state index in [4.69, 9.17) is 29.0 Å². The third-order valence-corrected chi connectivity index (χ3v) is 13.7. The number of allylic oxidation sites excluding steroid dienone is 9. The first-order valence-electron chi connectivity index (χ1n) is 25.4. The Kier molecular flexibility index (Phi) is 34.1. The number of esters is 2. The Morgan fingerprint density at radius 1 is 0.732 bits per heavy atom. The quantitative estimate of drug-likeness (QED) is 0.0154. The first-order valence-corrected chi connectivity index (χ1v) is 28.4. The number of ether oxygens (including phenoxy) is 3. The van der Waals surface area contributed by atoms with Crippen LogP contribution in [0.5, 0.6) is 0 Å². The minimum atomic E-state index is -5.44.